The first-order valence-electron chi connectivity index (χ1n) is 7.38. The minimum absolute atomic E-state index is 0.249. The molecule has 0 saturated carbocycles. The van der Waals surface area contributed by atoms with Crippen LogP contribution in [0.1, 0.15) is 0 Å². The molecule has 0 saturated heterocycles. The van der Waals surface area contributed by atoms with Gasteiger partial charge in [-0.15, -0.1) is 0 Å². The zero-order chi connectivity index (χ0) is 15.6. The van der Waals surface area contributed by atoms with Crippen molar-refractivity contribution in [1.29, 1.82) is 0 Å². The summed E-state index contributed by atoms with van der Waals surface area (Å²) in [6, 6.07) is 20.4. The summed E-state index contributed by atoms with van der Waals surface area (Å²) in [7, 11) is 0. The molecule has 0 unspecified atom stereocenters. The van der Waals surface area contributed by atoms with Gasteiger partial charge in [0.2, 0.25) is 0 Å². The maximum Gasteiger partial charge on any atom is 0.123 e. The van der Waals surface area contributed by atoms with Crippen molar-refractivity contribution >= 4 is 10.9 Å². The summed E-state index contributed by atoms with van der Waals surface area (Å²) in [4.78, 5) is 8.93. The lowest BCUT2D eigenvalue weighted by Gasteiger charge is -2.11. The van der Waals surface area contributed by atoms with Crippen molar-refractivity contribution in [1.82, 2.24) is 9.97 Å². The summed E-state index contributed by atoms with van der Waals surface area (Å²) in [6.45, 7) is 0. The van der Waals surface area contributed by atoms with Crippen molar-refractivity contribution < 1.29 is 4.39 Å². The van der Waals surface area contributed by atoms with E-state index in [1.807, 2.05) is 36.4 Å². The number of hydrogen-bond donors (Lipinski definition) is 0. The Labute approximate surface area is 133 Å². The van der Waals surface area contributed by atoms with E-state index >= 15 is 0 Å². The summed E-state index contributed by atoms with van der Waals surface area (Å²) in [5.74, 6) is -0.249. The quantitative estimate of drug-likeness (QED) is 0.514. The fourth-order valence-corrected chi connectivity index (χ4v) is 2.79. The van der Waals surface area contributed by atoms with Crippen molar-refractivity contribution in [3.05, 3.63) is 84.9 Å². The Morgan fingerprint density at radius 2 is 1.48 bits per heavy atom. The van der Waals surface area contributed by atoms with Crippen LogP contribution in [-0.2, 0) is 0 Å². The molecular formula is C20H13FN2. The van der Waals surface area contributed by atoms with Crippen LogP contribution in [0, 0.1) is 5.82 Å². The number of rotatable bonds is 2. The number of benzene rings is 2. The third-order valence-electron chi connectivity index (χ3n) is 3.86. The summed E-state index contributed by atoms with van der Waals surface area (Å²) in [5, 5.41) is 1.08. The normalized spacial score (nSPS) is 10.8. The van der Waals surface area contributed by atoms with E-state index in [1.165, 1.54) is 12.1 Å². The zero-order valence-corrected chi connectivity index (χ0v) is 12.3. The van der Waals surface area contributed by atoms with Gasteiger partial charge in [-0.2, -0.15) is 0 Å². The lowest BCUT2D eigenvalue weighted by atomic mass is 9.97. The Bertz CT molecular complexity index is 973. The molecule has 0 aliphatic rings. The first-order chi connectivity index (χ1) is 11.3. The maximum absolute atomic E-state index is 13.2. The Hall–Kier alpha value is -3.07. The molecule has 0 amide bonds. The number of pyridine rings is 2. The lowest BCUT2D eigenvalue weighted by Crippen LogP contribution is -1.91. The predicted molar refractivity (Wildman–Crippen MR) is 90.4 cm³/mol. The van der Waals surface area contributed by atoms with Crippen LogP contribution in [0.2, 0.25) is 0 Å². The summed E-state index contributed by atoms with van der Waals surface area (Å²) in [6.07, 6.45) is 3.56. The van der Waals surface area contributed by atoms with Crippen LogP contribution in [0.5, 0.6) is 0 Å². The van der Waals surface area contributed by atoms with Crippen LogP contribution in [0.25, 0.3) is 33.3 Å². The van der Waals surface area contributed by atoms with E-state index in [1.54, 1.807) is 24.5 Å². The standard InChI is InChI=1S/C20H13FN2/c21-15-9-7-14(8-10-15)20-18(5-3-12-23-20)16-11-13-22-19-6-2-1-4-17(16)19/h1-13H. The first kappa shape index (κ1) is 13.6. The van der Waals surface area contributed by atoms with Gasteiger partial charge in [0.05, 0.1) is 11.2 Å². The molecule has 2 heterocycles. The topological polar surface area (TPSA) is 25.8 Å². The lowest BCUT2D eigenvalue weighted by molar-refractivity contribution is 0.628. The van der Waals surface area contributed by atoms with Crippen molar-refractivity contribution in [2.45, 2.75) is 0 Å². The van der Waals surface area contributed by atoms with E-state index in [0.29, 0.717) is 0 Å². The molecule has 0 atom stereocenters. The molecule has 2 aromatic heterocycles. The molecule has 0 aliphatic heterocycles. The van der Waals surface area contributed by atoms with Gasteiger partial charge in [0.1, 0.15) is 5.82 Å². The van der Waals surface area contributed by atoms with E-state index in [9.17, 15) is 4.39 Å². The summed E-state index contributed by atoms with van der Waals surface area (Å²) in [5.41, 5.74) is 4.76. The monoisotopic (exact) mass is 300 g/mol. The van der Waals surface area contributed by atoms with Crippen molar-refractivity contribution in [3.63, 3.8) is 0 Å². The molecule has 0 fully saturated rings. The van der Waals surface area contributed by atoms with Gasteiger partial charge in [0.25, 0.3) is 0 Å². The van der Waals surface area contributed by atoms with Gasteiger partial charge >= 0.3 is 0 Å². The largest absolute Gasteiger partial charge is 0.256 e. The highest BCUT2D eigenvalue weighted by Crippen LogP contribution is 2.34. The molecule has 110 valence electrons. The average Bonchev–Trinajstić information content (AvgIpc) is 2.62. The Balaban J connectivity index is 1.97. The fourth-order valence-electron chi connectivity index (χ4n) is 2.79. The average molecular weight is 300 g/mol. The van der Waals surface area contributed by atoms with E-state index in [2.05, 4.69) is 16.0 Å². The first-order valence-corrected chi connectivity index (χ1v) is 7.38. The molecule has 3 heteroatoms. The second-order valence-electron chi connectivity index (χ2n) is 5.28. The molecule has 0 N–H and O–H groups in total. The number of fused-ring (bicyclic) bond motifs is 1. The summed E-state index contributed by atoms with van der Waals surface area (Å²) < 4.78 is 13.2. The van der Waals surface area contributed by atoms with Crippen molar-refractivity contribution in [2.75, 3.05) is 0 Å². The minimum Gasteiger partial charge on any atom is -0.256 e. The number of nitrogens with zero attached hydrogens (tertiary/aromatic N) is 2. The molecule has 23 heavy (non-hydrogen) atoms. The van der Waals surface area contributed by atoms with Crippen LogP contribution in [0.15, 0.2) is 79.1 Å². The number of aromatic nitrogens is 2. The SMILES string of the molecule is Fc1ccc(-c2ncccc2-c2ccnc3ccccc23)cc1. The zero-order valence-electron chi connectivity index (χ0n) is 12.3. The summed E-state index contributed by atoms with van der Waals surface area (Å²) >= 11 is 0. The van der Waals surface area contributed by atoms with Gasteiger partial charge in [-0.3, -0.25) is 9.97 Å². The Morgan fingerprint density at radius 1 is 0.652 bits per heavy atom. The third kappa shape index (κ3) is 2.46. The smallest absolute Gasteiger partial charge is 0.123 e. The van der Waals surface area contributed by atoms with Crippen LogP contribution in [-0.4, -0.2) is 9.97 Å². The van der Waals surface area contributed by atoms with Crippen LogP contribution < -0.4 is 0 Å². The third-order valence-corrected chi connectivity index (χ3v) is 3.86. The molecular weight excluding hydrogens is 287 g/mol. The fraction of sp³-hybridized carbons (Fsp3) is 0. The molecule has 0 spiro atoms. The maximum atomic E-state index is 13.2. The van der Waals surface area contributed by atoms with Crippen LogP contribution in [0.3, 0.4) is 0 Å². The molecule has 4 aromatic rings. The van der Waals surface area contributed by atoms with Gasteiger partial charge in [0, 0.05) is 28.9 Å². The molecule has 0 radical (unpaired) electrons. The van der Waals surface area contributed by atoms with E-state index in [-0.39, 0.29) is 5.82 Å². The molecule has 2 aromatic carbocycles. The molecule has 2 nitrogen and oxygen atoms in total. The van der Waals surface area contributed by atoms with Crippen molar-refractivity contribution in [3.8, 4) is 22.4 Å². The number of halogens is 1. The molecule has 0 aliphatic carbocycles. The van der Waals surface area contributed by atoms with Gasteiger partial charge in [0.15, 0.2) is 0 Å². The molecule has 4 rings (SSSR count). The Kier molecular flexibility index (Phi) is 3.31. The van der Waals surface area contributed by atoms with Gasteiger partial charge in [-0.05, 0) is 48.0 Å². The highest BCUT2D eigenvalue weighted by atomic mass is 19.1. The van der Waals surface area contributed by atoms with Crippen LogP contribution >= 0.6 is 0 Å². The highest BCUT2D eigenvalue weighted by molar-refractivity contribution is 5.97. The highest BCUT2D eigenvalue weighted by Gasteiger charge is 2.11. The van der Waals surface area contributed by atoms with Gasteiger partial charge in [-0.25, -0.2) is 4.39 Å². The number of para-hydroxylation sites is 1. The van der Waals surface area contributed by atoms with E-state index < -0.39 is 0 Å². The minimum atomic E-state index is -0.249. The van der Waals surface area contributed by atoms with Gasteiger partial charge < -0.3 is 0 Å². The van der Waals surface area contributed by atoms with Crippen LogP contribution in [0.4, 0.5) is 4.39 Å². The van der Waals surface area contributed by atoms with E-state index in [4.69, 9.17) is 0 Å². The Morgan fingerprint density at radius 3 is 2.35 bits per heavy atom. The second kappa shape index (κ2) is 5.61. The number of hydrogen-bond acceptors (Lipinski definition) is 2. The second-order valence-corrected chi connectivity index (χ2v) is 5.28. The van der Waals surface area contributed by atoms with Gasteiger partial charge in [-0.1, -0.05) is 24.3 Å². The van der Waals surface area contributed by atoms with Crippen molar-refractivity contribution in [2.24, 2.45) is 0 Å². The van der Waals surface area contributed by atoms with E-state index in [0.717, 1.165) is 33.3 Å². The predicted octanol–water partition coefficient (Wildman–Crippen LogP) is 5.10. The molecule has 0 bridgehead atoms.